The van der Waals surface area contributed by atoms with Crippen molar-refractivity contribution in [1.29, 1.82) is 0 Å². The molecule has 0 spiro atoms. The maximum Gasteiger partial charge on any atom is 0.0963 e. The van der Waals surface area contributed by atoms with E-state index in [1.54, 1.807) is 6.08 Å². The summed E-state index contributed by atoms with van der Waals surface area (Å²) < 4.78 is 0. The highest BCUT2D eigenvalue weighted by atomic mass is 14.8. The van der Waals surface area contributed by atoms with Crippen LogP contribution in [0, 0.1) is 0 Å². The first kappa shape index (κ1) is 6.08. The van der Waals surface area contributed by atoms with Crippen LogP contribution in [0.1, 0.15) is 6.92 Å². The van der Waals surface area contributed by atoms with E-state index in [1.165, 1.54) is 0 Å². The van der Waals surface area contributed by atoms with Crippen LogP contribution in [-0.2, 0) is 0 Å². The lowest BCUT2D eigenvalue weighted by Gasteiger charge is -1.91. The summed E-state index contributed by atoms with van der Waals surface area (Å²) in [5.74, 6) is 0.343. The van der Waals surface area contributed by atoms with Gasteiger partial charge in [-0.15, -0.1) is 0 Å². The summed E-state index contributed by atoms with van der Waals surface area (Å²) in [6.07, 6.45) is 1.62. The molecule has 0 unspecified atom stereocenters. The van der Waals surface area contributed by atoms with Crippen molar-refractivity contribution in [2.45, 2.75) is 6.92 Å². The van der Waals surface area contributed by atoms with Gasteiger partial charge in [-0.3, -0.25) is 0 Å². The van der Waals surface area contributed by atoms with Crippen molar-refractivity contribution in [2.75, 3.05) is 0 Å². The van der Waals surface area contributed by atoms with Gasteiger partial charge in [-0.2, -0.15) is 0 Å². The van der Waals surface area contributed by atoms with E-state index in [0.717, 1.165) is 5.57 Å². The molecule has 0 bridgehead atoms. The zero-order valence-corrected chi connectivity index (χ0v) is 4.44. The zero-order chi connectivity index (χ0) is 5.86. The number of hydrogen-bond acceptors (Lipinski definition) is 2. The molecule has 40 valence electrons. The van der Waals surface area contributed by atoms with E-state index in [4.69, 9.17) is 11.5 Å². The van der Waals surface area contributed by atoms with E-state index < -0.39 is 0 Å². The minimum atomic E-state index is 0.343. The molecule has 2 heteroatoms. The Balaban J connectivity index is 3.98. The molecule has 0 radical (unpaired) electrons. The lowest BCUT2D eigenvalue weighted by molar-refractivity contribution is 1.19. The molecule has 4 N–H and O–H groups in total. The highest BCUT2D eigenvalue weighted by Crippen LogP contribution is 1.90. The Morgan fingerprint density at radius 1 is 1.57 bits per heavy atom. The Bertz CT molecular complexity index is 98.6. The molecule has 0 rings (SSSR count). The molecule has 0 fully saturated rings. The molecule has 0 atom stereocenters. The third kappa shape index (κ3) is 1.87. The monoisotopic (exact) mass is 98.1 g/mol. The van der Waals surface area contributed by atoms with Crippen LogP contribution in [0.25, 0.3) is 0 Å². The van der Waals surface area contributed by atoms with E-state index in [1.807, 2.05) is 6.92 Å². The molecule has 0 aliphatic rings. The highest BCUT2D eigenvalue weighted by Gasteiger charge is 1.80. The number of hydrogen-bond donors (Lipinski definition) is 2. The maximum absolute atomic E-state index is 5.13. The van der Waals surface area contributed by atoms with Crippen LogP contribution in [0.5, 0.6) is 0 Å². The van der Waals surface area contributed by atoms with Crippen LogP contribution in [0.4, 0.5) is 0 Å². The summed E-state index contributed by atoms with van der Waals surface area (Å²) in [6, 6.07) is 0. The van der Waals surface area contributed by atoms with E-state index in [0.29, 0.717) is 5.82 Å². The number of nitrogens with two attached hydrogens (primary N) is 2. The zero-order valence-electron chi connectivity index (χ0n) is 4.44. The Morgan fingerprint density at radius 2 is 2.00 bits per heavy atom. The van der Waals surface area contributed by atoms with E-state index >= 15 is 0 Å². The second-order valence-corrected chi connectivity index (χ2v) is 1.34. The van der Waals surface area contributed by atoms with Gasteiger partial charge in [0.05, 0.1) is 5.82 Å². The van der Waals surface area contributed by atoms with Gasteiger partial charge in [0.25, 0.3) is 0 Å². The summed E-state index contributed by atoms with van der Waals surface area (Å²) in [4.78, 5) is 0. The standard InChI is InChI=1S/C5H10N2/c1-3-4(2)5(6)7/h3H,1,6-7H2,2H3. The Kier molecular flexibility index (Phi) is 1.99. The normalized spacial score (nSPS) is 7.57. The molecule has 0 aromatic heterocycles. The molecule has 0 saturated carbocycles. The highest BCUT2D eigenvalue weighted by molar-refractivity contribution is 5.16. The fourth-order valence-electron chi connectivity index (χ4n) is 0.118. The molecule has 0 aliphatic carbocycles. The van der Waals surface area contributed by atoms with Crippen LogP contribution in [0.2, 0.25) is 0 Å². The second kappa shape index (κ2) is 2.29. The summed E-state index contributed by atoms with van der Waals surface area (Å²) in [5.41, 5.74) is 11.1. The minimum absolute atomic E-state index is 0.343. The Labute approximate surface area is 43.5 Å². The van der Waals surface area contributed by atoms with Gasteiger partial charge in [-0.25, -0.2) is 0 Å². The largest absolute Gasteiger partial charge is 0.385 e. The molecule has 0 saturated heterocycles. The van der Waals surface area contributed by atoms with Gasteiger partial charge in [0.1, 0.15) is 0 Å². The van der Waals surface area contributed by atoms with Crippen LogP contribution in [0.3, 0.4) is 0 Å². The first-order valence-electron chi connectivity index (χ1n) is 2.02. The molecule has 7 heavy (non-hydrogen) atoms. The summed E-state index contributed by atoms with van der Waals surface area (Å²) in [7, 11) is 0. The van der Waals surface area contributed by atoms with Gasteiger partial charge in [0.15, 0.2) is 0 Å². The Morgan fingerprint density at radius 3 is 2.00 bits per heavy atom. The fraction of sp³-hybridized carbons (Fsp3) is 0.200. The molecular weight excluding hydrogens is 88.1 g/mol. The van der Waals surface area contributed by atoms with Crippen molar-refractivity contribution in [1.82, 2.24) is 0 Å². The first-order chi connectivity index (χ1) is 3.18. The predicted octanol–water partition coefficient (Wildman–Crippen LogP) is 0.321. The topological polar surface area (TPSA) is 52.0 Å². The summed E-state index contributed by atoms with van der Waals surface area (Å²) in [6.45, 7) is 5.27. The van der Waals surface area contributed by atoms with Gasteiger partial charge in [-0.05, 0) is 12.5 Å². The van der Waals surface area contributed by atoms with E-state index in [2.05, 4.69) is 6.58 Å². The van der Waals surface area contributed by atoms with Crippen LogP contribution >= 0.6 is 0 Å². The van der Waals surface area contributed by atoms with Crippen LogP contribution in [-0.4, -0.2) is 0 Å². The van der Waals surface area contributed by atoms with Gasteiger partial charge >= 0.3 is 0 Å². The molecule has 0 aromatic rings. The third-order valence-corrected chi connectivity index (χ3v) is 0.762. The average Bonchev–Trinajstić information content (AvgIpc) is 1.65. The molecule has 0 aliphatic heterocycles. The minimum Gasteiger partial charge on any atom is -0.385 e. The van der Waals surface area contributed by atoms with Crippen molar-refractivity contribution in [3.63, 3.8) is 0 Å². The number of allylic oxidation sites excluding steroid dienone is 2. The second-order valence-electron chi connectivity index (χ2n) is 1.34. The summed E-state index contributed by atoms with van der Waals surface area (Å²) in [5, 5.41) is 0. The predicted molar refractivity (Wildman–Crippen MR) is 31.3 cm³/mol. The SMILES string of the molecule is C=CC(C)=C(N)N. The average molecular weight is 98.1 g/mol. The third-order valence-electron chi connectivity index (χ3n) is 0.762. The molecule has 0 aromatic carbocycles. The lowest BCUT2D eigenvalue weighted by Crippen LogP contribution is -2.09. The lowest BCUT2D eigenvalue weighted by atomic mass is 10.3. The smallest absolute Gasteiger partial charge is 0.0963 e. The molecular formula is C5H10N2. The van der Waals surface area contributed by atoms with Crippen molar-refractivity contribution >= 4 is 0 Å². The van der Waals surface area contributed by atoms with Crippen molar-refractivity contribution in [2.24, 2.45) is 11.5 Å². The first-order valence-corrected chi connectivity index (χ1v) is 2.02. The Hall–Kier alpha value is -0.920. The van der Waals surface area contributed by atoms with Crippen LogP contribution < -0.4 is 11.5 Å². The molecule has 2 nitrogen and oxygen atoms in total. The quantitative estimate of drug-likeness (QED) is 0.464. The van der Waals surface area contributed by atoms with Gasteiger partial charge in [0, 0.05) is 0 Å². The molecule has 0 amide bonds. The molecule has 0 heterocycles. The van der Waals surface area contributed by atoms with Gasteiger partial charge in [0.2, 0.25) is 0 Å². The van der Waals surface area contributed by atoms with Crippen molar-refractivity contribution < 1.29 is 0 Å². The number of rotatable bonds is 1. The maximum atomic E-state index is 5.13. The van der Waals surface area contributed by atoms with Gasteiger partial charge in [-0.1, -0.05) is 12.7 Å². The van der Waals surface area contributed by atoms with E-state index in [9.17, 15) is 0 Å². The fourth-order valence-corrected chi connectivity index (χ4v) is 0.118. The van der Waals surface area contributed by atoms with Gasteiger partial charge < -0.3 is 11.5 Å². The van der Waals surface area contributed by atoms with Crippen molar-refractivity contribution in [3.8, 4) is 0 Å². The summed E-state index contributed by atoms with van der Waals surface area (Å²) >= 11 is 0. The van der Waals surface area contributed by atoms with Crippen molar-refractivity contribution in [3.05, 3.63) is 24.0 Å². The van der Waals surface area contributed by atoms with Crippen LogP contribution in [0.15, 0.2) is 24.0 Å². The van der Waals surface area contributed by atoms with E-state index in [-0.39, 0.29) is 0 Å².